The van der Waals surface area contributed by atoms with Gasteiger partial charge in [0.15, 0.2) is 0 Å². The standard InChI is InChI=1S/C10H16F5NO/c1-16-6-5-8(3-2-4-8)17-7-9(11,12)10(13,14)15/h16H,2-7H2,1H3. The fraction of sp³-hybridized carbons (Fsp3) is 1.00. The van der Waals surface area contributed by atoms with E-state index >= 15 is 0 Å². The SMILES string of the molecule is CNCCC1(OCC(F)(F)C(F)(F)F)CCC1. The van der Waals surface area contributed by atoms with E-state index in [9.17, 15) is 22.0 Å². The average Bonchev–Trinajstić information content (AvgIpc) is 2.14. The number of alkyl halides is 5. The summed E-state index contributed by atoms with van der Waals surface area (Å²) >= 11 is 0. The van der Waals surface area contributed by atoms with E-state index in [1.807, 2.05) is 0 Å². The van der Waals surface area contributed by atoms with Crippen LogP contribution >= 0.6 is 0 Å². The summed E-state index contributed by atoms with van der Waals surface area (Å²) in [5.74, 6) is -4.77. The van der Waals surface area contributed by atoms with E-state index in [0.29, 0.717) is 25.8 Å². The first kappa shape index (κ1) is 14.6. The zero-order valence-corrected chi connectivity index (χ0v) is 9.54. The summed E-state index contributed by atoms with van der Waals surface area (Å²) in [5.41, 5.74) is -0.794. The van der Waals surface area contributed by atoms with Gasteiger partial charge in [0.05, 0.1) is 5.60 Å². The number of ether oxygens (including phenoxy) is 1. The molecule has 1 N–H and O–H groups in total. The summed E-state index contributed by atoms with van der Waals surface area (Å²) in [6.07, 6.45) is -3.19. The maximum atomic E-state index is 12.7. The number of hydrogen-bond donors (Lipinski definition) is 1. The molecule has 0 heterocycles. The van der Waals surface area contributed by atoms with Crippen LogP contribution in [0.4, 0.5) is 22.0 Å². The Labute approximate surface area is 96.5 Å². The molecule has 2 nitrogen and oxygen atoms in total. The topological polar surface area (TPSA) is 21.3 Å². The van der Waals surface area contributed by atoms with Crippen LogP contribution in [-0.2, 0) is 4.74 Å². The van der Waals surface area contributed by atoms with Gasteiger partial charge < -0.3 is 10.1 Å². The van der Waals surface area contributed by atoms with Gasteiger partial charge in [-0.1, -0.05) is 0 Å². The zero-order valence-electron chi connectivity index (χ0n) is 9.54. The molecule has 1 aliphatic carbocycles. The molecule has 1 rings (SSSR count). The van der Waals surface area contributed by atoms with Gasteiger partial charge in [-0.3, -0.25) is 0 Å². The quantitative estimate of drug-likeness (QED) is 0.742. The van der Waals surface area contributed by atoms with Gasteiger partial charge in [0.2, 0.25) is 0 Å². The summed E-state index contributed by atoms with van der Waals surface area (Å²) in [6.45, 7) is -1.04. The lowest BCUT2D eigenvalue weighted by Gasteiger charge is -2.42. The fourth-order valence-electron chi connectivity index (χ4n) is 1.72. The lowest BCUT2D eigenvalue weighted by atomic mass is 9.77. The molecule has 0 amide bonds. The van der Waals surface area contributed by atoms with Gasteiger partial charge in [-0.25, -0.2) is 0 Å². The third kappa shape index (κ3) is 3.51. The summed E-state index contributed by atoms with van der Waals surface area (Å²) in [7, 11) is 1.69. The first-order valence-corrected chi connectivity index (χ1v) is 5.46. The molecule has 0 aromatic heterocycles. The Morgan fingerprint density at radius 1 is 1.18 bits per heavy atom. The van der Waals surface area contributed by atoms with Crippen molar-refractivity contribution in [3.8, 4) is 0 Å². The van der Waals surface area contributed by atoms with Crippen molar-refractivity contribution in [3.05, 3.63) is 0 Å². The molecular formula is C10H16F5NO. The Hall–Kier alpha value is -0.430. The van der Waals surface area contributed by atoms with Crippen molar-refractivity contribution in [3.63, 3.8) is 0 Å². The Morgan fingerprint density at radius 2 is 1.76 bits per heavy atom. The highest BCUT2D eigenvalue weighted by Crippen LogP contribution is 2.42. The van der Waals surface area contributed by atoms with Crippen LogP contribution in [0.1, 0.15) is 25.7 Å². The van der Waals surface area contributed by atoms with Crippen molar-refractivity contribution in [2.24, 2.45) is 0 Å². The van der Waals surface area contributed by atoms with Crippen LogP contribution in [0.15, 0.2) is 0 Å². The van der Waals surface area contributed by atoms with E-state index in [4.69, 9.17) is 4.74 Å². The normalized spacial score (nSPS) is 20.1. The Morgan fingerprint density at radius 3 is 2.12 bits per heavy atom. The minimum absolute atomic E-state index is 0.456. The van der Waals surface area contributed by atoms with E-state index in [1.54, 1.807) is 7.05 Å². The lowest BCUT2D eigenvalue weighted by Crippen LogP contribution is -2.48. The molecule has 1 saturated carbocycles. The van der Waals surface area contributed by atoms with Crippen LogP contribution in [0, 0.1) is 0 Å². The molecule has 0 unspecified atom stereocenters. The second-order valence-corrected chi connectivity index (χ2v) is 4.38. The molecule has 0 aromatic rings. The van der Waals surface area contributed by atoms with Gasteiger partial charge in [0.25, 0.3) is 0 Å². The maximum Gasteiger partial charge on any atom is 0.455 e. The van der Waals surface area contributed by atoms with Crippen molar-refractivity contribution >= 4 is 0 Å². The van der Waals surface area contributed by atoms with Gasteiger partial charge in [0, 0.05) is 0 Å². The predicted molar refractivity (Wildman–Crippen MR) is 52.1 cm³/mol. The highest BCUT2D eigenvalue weighted by Gasteiger charge is 2.58. The number of halogens is 5. The van der Waals surface area contributed by atoms with Crippen LogP contribution in [-0.4, -0.2) is 37.9 Å². The maximum absolute atomic E-state index is 12.7. The first-order valence-electron chi connectivity index (χ1n) is 5.46. The molecule has 7 heteroatoms. The van der Waals surface area contributed by atoms with Crippen molar-refractivity contribution in [2.45, 2.75) is 43.4 Å². The van der Waals surface area contributed by atoms with Gasteiger partial charge in [-0.05, 0) is 39.3 Å². The van der Waals surface area contributed by atoms with Crippen LogP contribution in [0.2, 0.25) is 0 Å². The molecular weight excluding hydrogens is 245 g/mol. The lowest BCUT2D eigenvalue weighted by molar-refractivity contribution is -0.309. The summed E-state index contributed by atoms with van der Waals surface area (Å²) in [5, 5.41) is 2.83. The predicted octanol–water partition coefficient (Wildman–Crippen LogP) is 2.73. The van der Waals surface area contributed by atoms with Crippen LogP contribution in [0.5, 0.6) is 0 Å². The molecule has 0 aromatic carbocycles. The minimum Gasteiger partial charge on any atom is -0.368 e. The molecule has 1 aliphatic rings. The Balaban J connectivity index is 2.48. The second kappa shape index (κ2) is 5.06. The van der Waals surface area contributed by atoms with Crippen LogP contribution in [0.3, 0.4) is 0 Å². The fourth-order valence-corrected chi connectivity index (χ4v) is 1.72. The van der Waals surface area contributed by atoms with E-state index in [-0.39, 0.29) is 0 Å². The Bertz CT molecular complexity index is 250. The first-order chi connectivity index (χ1) is 7.72. The van der Waals surface area contributed by atoms with Gasteiger partial charge in [0.1, 0.15) is 6.61 Å². The molecule has 0 radical (unpaired) electrons. The molecule has 102 valence electrons. The molecule has 0 aliphatic heterocycles. The van der Waals surface area contributed by atoms with Crippen molar-refractivity contribution in [1.82, 2.24) is 5.32 Å². The molecule has 0 spiro atoms. The Kier molecular flexibility index (Phi) is 4.35. The average molecular weight is 261 g/mol. The molecule has 1 fully saturated rings. The van der Waals surface area contributed by atoms with Crippen molar-refractivity contribution in [1.29, 1.82) is 0 Å². The molecule has 0 saturated heterocycles. The van der Waals surface area contributed by atoms with Crippen molar-refractivity contribution < 1.29 is 26.7 Å². The zero-order chi connectivity index (χ0) is 13.2. The van der Waals surface area contributed by atoms with E-state index in [1.165, 1.54) is 0 Å². The van der Waals surface area contributed by atoms with Crippen LogP contribution in [0.25, 0.3) is 0 Å². The second-order valence-electron chi connectivity index (χ2n) is 4.38. The largest absolute Gasteiger partial charge is 0.455 e. The van der Waals surface area contributed by atoms with E-state index in [0.717, 1.165) is 6.42 Å². The van der Waals surface area contributed by atoms with Gasteiger partial charge in [-0.15, -0.1) is 0 Å². The van der Waals surface area contributed by atoms with Gasteiger partial charge >= 0.3 is 12.1 Å². The van der Waals surface area contributed by atoms with Crippen molar-refractivity contribution in [2.75, 3.05) is 20.2 Å². The number of nitrogens with one attached hydrogen (secondary N) is 1. The van der Waals surface area contributed by atoms with E-state index < -0.39 is 24.3 Å². The number of rotatable bonds is 6. The summed E-state index contributed by atoms with van der Waals surface area (Å²) in [4.78, 5) is 0. The minimum atomic E-state index is -5.54. The van der Waals surface area contributed by atoms with Gasteiger partial charge in [-0.2, -0.15) is 22.0 Å². The third-order valence-corrected chi connectivity index (χ3v) is 3.07. The van der Waals surface area contributed by atoms with Crippen LogP contribution < -0.4 is 5.32 Å². The smallest absolute Gasteiger partial charge is 0.368 e. The summed E-state index contributed by atoms with van der Waals surface area (Å²) < 4.78 is 66.0. The summed E-state index contributed by atoms with van der Waals surface area (Å²) in [6, 6.07) is 0. The molecule has 0 bridgehead atoms. The highest BCUT2D eigenvalue weighted by molar-refractivity contribution is 4.91. The molecule has 17 heavy (non-hydrogen) atoms. The van der Waals surface area contributed by atoms with E-state index in [2.05, 4.69) is 5.32 Å². The number of hydrogen-bond acceptors (Lipinski definition) is 2. The molecule has 0 atom stereocenters. The highest BCUT2D eigenvalue weighted by atomic mass is 19.4. The third-order valence-electron chi connectivity index (χ3n) is 3.07. The monoisotopic (exact) mass is 261 g/mol.